The third-order valence-electron chi connectivity index (χ3n) is 3.83. The summed E-state index contributed by atoms with van der Waals surface area (Å²) in [6, 6.07) is 14.2. The summed E-state index contributed by atoms with van der Waals surface area (Å²) in [6.45, 7) is 4.10. The Morgan fingerprint density at radius 1 is 1.00 bits per heavy atom. The summed E-state index contributed by atoms with van der Waals surface area (Å²) < 4.78 is 0. The molecule has 0 fully saturated rings. The van der Waals surface area contributed by atoms with Gasteiger partial charge in [-0.25, -0.2) is 5.43 Å². The molecule has 4 rings (SSSR count). The number of fused-ring (bicyclic) bond motifs is 3. The molecule has 0 aliphatic carbocycles. The van der Waals surface area contributed by atoms with Gasteiger partial charge in [0.05, 0.1) is 6.21 Å². The average Bonchev–Trinajstić information content (AvgIpc) is 2.94. The van der Waals surface area contributed by atoms with E-state index in [2.05, 4.69) is 56.7 Å². The van der Waals surface area contributed by atoms with Gasteiger partial charge >= 0.3 is 0 Å². The zero-order chi connectivity index (χ0) is 16.5. The van der Waals surface area contributed by atoms with Crippen LogP contribution >= 0.6 is 0 Å². The minimum atomic E-state index is 0.356. The van der Waals surface area contributed by atoms with Gasteiger partial charge in [-0.1, -0.05) is 41.5 Å². The molecule has 6 heteroatoms. The molecule has 0 atom stereocenters. The number of H-pyrrole nitrogens is 1. The van der Waals surface area contributed by atoms with E-state index in [0.717, 1.165) is 22.0 Å². The lowest BCUT2D eigenvalue weighted by Gasteiger charge is -1.98. The van der Waals surface area contributed by atoms with Crippen molar-refractivity contribution >= 4 is 34.2 Å². The Hall–Kier alpha value is -3.28. The highest BCUT2D eigenvalue weighted by molar-refractivity contribution is 6.03. The van der Waals surface area contributed by atoms with Gasteiger partial charge in [0.2, 0.25) is 0 Å². The van der Waals surface area contributed by atoms with Crippen molar-refractivity contribution in [3.8, 4) is 0 Å². The highest BCUT2D eigenvalue weighted by atomic mass is 15.4. The SMILES string of the molecule is Cc1ccc(C=NNc2nnc3c(n2)[nH]c2ccc(C)cc23)cc1. The van der Waals surface area contributed by atoms with Crippen LogP contribution in [0.5, 0.6) is 0 Å². The smallest absolute Gasteiger partial charge is 0.265 e. The molecule has 2 N–H and O–H groups in total. The van der Waals surface area contributed by atoms with Crippen LogP contribution in [-0.4, -0.2) is 26.4 Å². The largest absolute Gasteiger partial charge is 0.338 e. The minimum absolute atomic E-state index is 0.356. The van der Waals surface area contributed by atoms with E-state index in [4.69, 9.17) is 0 Å². The molecule has 118 valence electrons. The number of nitrogens with one attached hydrogen (secondary N) is 2. The Balaban J connectivity index is 1.60. The fourth-order valence-electron chi connectivity index (χ4n) is 2.55. The molecule has 0 amide bonds. The third-order valence-corrected chi connectivity index (χ3v) is 3.83. The van der Waals surface area contributed by atoms with Crippen LogP contribution < -0.4 is 5.43 Å². The van der Waals surface area contributed by atoms with E-state index >= 15 is 0 Å². The molecule has 0 saturated carbocycles. The third kappa shape index (κ3) is 2.69. The van der Waals surface area contributed by atoms with Crippen molar-refractivity contribution in [3.05, 3.63) is 59.2 Å². The van der Waals surface area contributed by atoms with Crippen molar-refractivity contribution in [2.24, 2.45) is 5.10 Å². The Morgan fingerprint density at radius 2 is 1.79 bits per heavy atom. The molecule has 4 aromatic rings. The molecule has 2 heterocycles. The van der Waals surface area contributed by atoms with Crippen molar-refractivity contribution < 1.29 is 0 Å². The lowest BCUT2D eigenvalue weighted by atomic mass is 10.2. The number of benzene rings is 2. The van der Waals surface area contributed by atoms with Crippen molar-refractivity contribution in [1.82, 2.24) is 20.2 Å². The van der Waals surface area contributed by atoms with E-state index in [1.54, 1.807) is 6.21 Å². The number of hydrogen-bond acceptors (Lipinski definition) is 5. The maximum absolute atomic E-state index is 4.43. The first-order chi connectivity index (χ1) is 11.7. The van der Waals surface area contributed by atoms with Gasteiger partial charge < -0.3 is 4.98 Å². The summed E-state index contributed by atoms with van der Waals surface area (Å²) in [6.07, 6.45) is 1.72. The average molecular weight is 316 g/mol. The molecule has 2 aromatic heterocycles. The Morgan fingerprint density at radius 3 is 2.62 bits per heavy atom. The van der Waals surface area contributed by atoms with Gasteiger partial charge in [-0.05, 0) is 31.5 Å². The number of nitrogens with zero attached hydrogens (tertiary/aromatic N) is 4. The molecular formula is C18H16N6. The zero-order valence-corrected chi connectivity index (χ0v) is 13.4. The summed E-state index contributed by atoms with van der Waals surface area (Å²) in [7, 11) is 0. The number of hydrogen-bond donors (Lipinski definition) is 2. The number of aromatic nitrogens is 4. The fraction of sp³-hybridized carbons (Fsp3) is 0.111. The van der Waals surface area contributed by atoms with Gasteiger partial charge in [0.25, 0.3) is 5.95 Å². The van der Waals surface area contributed by atoms with Gasteiger partial charge in [0, 0.05) is 10.9 Å². The molecule has 2 aromatic carbocycles. The van der Waals surface area contributed by atoms with Gasteiger partial charge in [-0.15, -0.1) is 10.2 Å². The number of hydrazone groups is 1. The van der Waals surface area contributed by atoms with Crippen LogP contribution in [0.3, 0.4) is 0 Å². The van der Waals surface area contributed by atoms with Crippen molar-refractivity contribution in [2.75, 3.05) is 5.43 Å². The molecule has 0 radical (unpaired) electrons. The summed E-state index contributed by atoms with van der Waals surface area (Å²) in [5.74, 6) is 0.356. The van der Waals surface area contributed by atoms with E-state index in [9.17, 15) is 0 Å². The topological polar surface area (TPSA) is 78.8 Å². The van der Waals surface area contributed by atoms with Crippen molar-refractivity contribution in [2.45, 2.75) is 13.8 Å². The molecular weight excluding hydrogens is 300 g/mol. The van der Waals surface area contributed by atoms with E-state index in [1.165, 1.54) is 11.1 Å². The molecule has 0 saturated heterocycles. The van der Waals surface area contributed by atoms with Crippen LogP contribution in [0.2, 0.25) is 0 Å². The van der Waals surface area contributed by atoms with E-state index in [-0.39, 0.29) is 0 Å². The van der Waals surface area contributed by atoms with E-state index in [0.29, 0.717) is 11.6 Å². The van der Waals surface area contributed by atoms with Crippen LogP contribution in [0.4, 0.5) is 5.95 Å². The Kier molecular flexibility index (Phi) is 3.42. The first-order valence-corrected chi connectivity index (χ1v) is 7.67. The van der Waals surface area contributed by atoms with Crippen LogP contribution in [0.15, 0.2) is 47.6 Å². The van der Waals surface area contributed by atoms with Crippen LogP contribution in [0.25, 0.3) is 22.1 Å². The van der Waals surface area contributed by atoms with Crippen molar-refractivity contribution in [3.63, 3.8) is 0 Å². The molecule has 24 heavy (non-hydrogen) atoms. The summed E-state index contributed by atoms with van der Waals surface area (Å²) in [5.41, 5.74) is 8.67. The van der Waals surface area contributed by atoms with Gasteiger partial charge in [-0.3, -0.25) is 0 Å². The number of anilines is 1. The standard InChI is InChI=1S/C18H16N6/c1-11-3-6-13(7-4-11)10-19-23-18-21-17-16(22-24-18)14-9-12(2)5-8-15(14)20-17/h3-10H,1-2H3,(H2,20,21,23,24). The first-order valence-electron chi connectivity index (χ1n) is 7.67. The zero-order valence-electron chi connectivity index (χ0n) is 13.4. The summed E-state index contributed by atoms with van der Waals surface area (Å²) >= 11 is 0. The van der Waals surface area contributed by atoms with Crippen LogP contribution in [0, 0.1) is 13.8 Å². The maximum Gasteiger partial charge on any atom is 0.265 e. The highest BCUT2D eigenvalue weighted by Gasteiger charge is 2.08. The lowest BCUT2D eigenvalue weighted by molar-refractivity contribution is 1.01. The van der Waals surface area contributed by atoms with Crippen molar-refractivity contribution in [1.29, 1.82) is 0 Å². The molecule has 0 unspecified atom stereocenters. The molecule has 6 nitrogen and oxygen atoms in total. The van der Waals surface area contributed by atoms with E-state index in [1.807, 2.05) is 30.3 Å². The normalized spacial score (nSPS) is 11.6. The Bertz CT molecular complexity index is 1050. The number of aryl methyl sites for hydroxylation is 2. The van der Waals surface area contributed by atoms with Gasteiger partial charge in [0.1, 0.15) is 5.52 Å². The Labute approximate surface area is 138 Å². The molecule has 0 aliphatic rings. The maximum atomic E-state index is 4.43. The lowest BCUT2D eigenvalue weighted by Crippen LogP contribution is -1.99. The first kappa shape index (κ1) is 14.3. The summed E-state index contributed by atoms with van der Waals surface area (Å²) in [4.78, 5) is 7.69. The second-order valence-electron chi connectivity index (χ2n) is 5.79. The predicted molar refractivity (Wildman–Crippen MR) is 96.3 cm³/mol. The molecule has 0 aliphatic heterocycles. The summed E-state index contributed by atoms with van der Waals surface area (Å²) in [5, 5.41) is 13.6. The highest BCUT2D eigenvalue weighted by Crippen LogP contribution is 2.23. The second kappa shape index (κ2) is 5.73. The van der Waals surface area contributed by atoms with Crippen LogP contribution in [0.1, 0.15) is 16.7 Å². The number of rotatable bonds is 3. The number of aromatic amines is 1. The predicted octanol–water partition coefficient (Wildman–Crippen LogP) is 3.57. The van der Waals surface area contributed by atoms with E-state index < -0.39 is 0 Å². The molecule has 0 bridgehead atoms. The second-order valence-corrected chi connectivity index (χ2v) is 5.79. The van der Waals surface area contributed by atoms with Gasteiger partial charge in [-0.2, -0.15) is 10.1 Å². The fourth-order valence-corrected chi connectivity index (χ4v) is 2.55. The van der Waals surface area contributed by atoms with Crippen LogP contribution in [-0.2, 0) is 0 Å². The minimum Gasteiger partial charge on any atom is -0.338 e. The molecule has 0 spiro atoms. The van der Waals surface area contributed by atoms with Gasteiger partial charge in [0.15, 0.2) is 5.65 Å². The quantitative estimate of drug-likeness (QED) is 0.447. The monoisotopic (exact) mass is 316 g/mol.